The summed E-state index contributed by atoms with van der Waals surface area (Å²) in [6.07, 6.45) is 0.412. The zero-order chi connectivity index (χ0) is 27.2. The second-order valence-electron chi connectivity index (χ2n) is 10.4. The van der Waals surface area contributed by atoms with Gasteiger partial charge in [0.1, 0.15) is 5.60 Å². The van der Waals surface area contributed by atoms with Crippen LogP contribution in [0.1, 0.15) is 75.7 Å². The summed E-state index contributed by atoms with van der Waals surface area (Å²) in [7, 11) is 0. The van der Waals surface area contributed by atoms with Gasteiger partial charge in [-0.2, -0.15) is 0 Å². The topological polar surface area (TPSA) is 84.5 Å². The number of amides is 2. The quantitative estimate of drug-likeness (QED) is 0.337. The average molecular weight is 501 g/mol. The number of carbonyl (C=O) groups is 3. The van der Waals surface area contributed by atoms with Gasteiger partial charge in [0.15, 0.2) is 5.78 Å². The van der Waals surface area contributed by atoms with Crippen LogP contribution in [0.15, 0.2) is 60.7 Å². The normalized spacial score (nSPS) is 11.1. The van der Waals surface area contributed by atoms with Crippen LogP contribution in [-0.2, 0) is 17.7 Å². The van der Waals surface area contributed by atoms with Crippen LogP contribution in [-0.4, -0.2) is 23.4 Å². The molecule has 194 valence electrons. The summed E-state index contributed by atoms with van der Waals surface area (Å²) in [5.74, 6) is -0.122. The lowest BCUT2D eigenvalue weighted by molar-refractivity contribution is 0.0635. The number of anilines is 1. The Morgan fingerprint density at radius 3 is 1.97 bits per heavy atom. The molecule has 0 saturated carbocycles. The summed E-state index contributed by atoms with van der Waals surface area (Å²) in [5, 5.41) is 5.67. The van der Waals surface area contributed by atoms with E-state index in [1.54, 1.807) is 18.2 Å². The molecule has 3 rings (SSSR count). The Morgan fingerprint density at radius 1 is 0.784 bits per heavy atom. The summed E-state index contributed by atoms with van der Waals surface area (Å²) in [4.78, 5) is 37.7. The van der Waals surface area contributed by atoms with E-state index in [-0.39, 0.29) is 11.7 Å². The minimum atomic E-state index is -0.565. The molecule has 0 bridgehead atoms. The van der Waals surface area contributed by atoms with Crippen molar-refractivity contribution in [1.29, 1.82) is 0 Å². The Balaban J connectivity index is 1.57. The number of hydrogen-bond acceptors (Lipinski definition) is 4. The van der Waals surface area contributed by atoms with Crippen LogP contribution >= 0.6 is 0 Å². The van der Waals surface area contributed by atoms with E-state index < -0.39 is 11.7 Å². The molecule has 0 unspecified atom stereocenters. The van der Waals surface area contributed by atoms with Gasteiger partial charge in [0.2, 0.25) is 0 Å². The van der Waals surface area contributed by atoms with Crippen molar-refractivity contribution in [3.63, 3.8) is 0 Å². The molecule has 0 saturated heterocycles. The van der Waals surface area contributed by atoms with E-state index in [1.165, 1.54) is 5.56 Å². The lowest BCUT2D eigenvalue weighted by Crippen LogP contribution is -2.27. The number of ketones is 1. The van der Waals surface area contributed by atoms with E-state index in [0.717, 1.165) is 22.3 Å². The first-order chi connectivity index (χ1) is 17.4. The molecule has 3 aromatic carbocycles. The van der Waals surface area contributed by atoms with Gasteiger partial charge in [0.25, 0.3) is 5.91 Å². The lowest BCUT2D eigenvalue weighted by atomic mass is 9.94. The number of benzene rings is 3. The Hall–Kier alpha value is -3.93. The summed E-state index contributed by atoms with van der Waals surface area (Å²) >= 11 is 0. The third-order valence-corrected chi connectivity index (χ3v) is 5.93. The smallest absolute Gasteiger partial charge is 0.412 e. The fourth-order valence-corrected chi connectivity index (χ4v) is 3.91. The van der Waals surface area contributed by atoms with Gasteiger partial charge in [-0.25, -0.2) is 4.79 Å². The van der Waals surface area contributed by atoms with E-state index in [1.807, 2.05) is 84.0 Å². The maximum atomic E-state index is 13.0. The predicted molar refractivity (Wildman–Crippen MR) is 147 cm³/mol. The lowest BCUT2D eigenvalue weighted by Gasteiger charge is -2.19. The van der Waals surface area contributed by atoms with Gasteiger partial charge in [-0.05, 0) is 94.5 Å². The van der Waals surface area contributed by atoms with Crippen LogP contribution in [0.2, 0.25) is 0 Å². The van der Waals surface area contributed by atoms with Gasteiger partial charge >= 0.3 is 6.09 Å². The fraction of sp³-hybridized carbons (Fsp3) is 0.323. The van der Waals surface area contributed by atoms with Crippen molar-refractivity contribution in [3.8, 4) is 0 Å². The van der Waals surface area contributed by atoms with Gasteiger partial charge in [-0.1, -0.05) is 42.0 Å². The van der Waals surface area contributed by atoms with Gasteiger partial charge in [0, 0.05) is 29.8 Å². The molecule has 0 aliphatic carbocycles. The van der Waals surface area contributed by atoms with Crippen molar-refractivity contribution in [1.82, 2.24) is 5.32 Å². The van der Waals surface area contributed by atoms with Crippen LogP contribution in [0.25, 0.3) is 0 Å². The number of carbonyl (C=O) groups excluding carboxylic acids is 3. The van der Waals surface area contributed by atoms with Crippen LogP contribution in [0.3, 0.4) is 0 Å². The summed E-state index contributed by atoms with van der Waals surface area (Å²) < 4.78 is 5.26. The molecule has 0 radical (unpaired) electrons. The highest BCUT2D eigenvalue weighted by Gasteiger charge is 2.17. The number of nitrogens with one attached hydrogen (secondary N) is 2. The minimum absolute atomic E-state index is 0.0307. The molecule has 0 spiro atoms. The maximum Gasteiger partial charge on any atom is 0.412 e. The molecule has 0 aliphatic heterocycles. The first kappa shape index (κ1) is 27.7. The van der Waals surface area contributed by atoms with Crippen molar-refractivity contribution in [2.45, 2.75) is 66.5 Å². The first-order valence-corrected chi connectivity index (χ1v) is 12.5. The molecule has 2 N–H and O–H groups in total. The molecular formula is C31H36N2O4. The number of aryl methyl sites for hydroxylation is 4. The van der Waals surface area contributed by atoms with E-state index in [9.17, 15) is 14.4 Å². The molecule has 0 aromatic heterocycles. The number of hydrogen-bond donors (Lipinski definition) is 2. The standard InChI is InChI=1S/C31H36N2O4/c1-20-7-9-24(10-8-20)19-32-29(35)27-18-21(2)26(17-22(27)3)28(34)16-13-23-11-14-25(15-12-23)33-30(36)37-31(4,5)6/h7-12,14-15,17-18H,13,16,19H2,1-6H3,(H,32,35)(H,33,36). The fourth-order valence-electron chi connectivity index (χ4n) is 3.91. The summed E-state index contributed by atoms with van der Waals surface area (Å²) in [6, 6.07) is 19.0. The highest BCUT2D eigenvalue weighted by Crippen LogP contribution is 2.20. The van der Waals surface area contributed by atoms with Crippen molar-refractivity contribution in [3.05, 3.63) is 99.6 Å². The van der Waals surface area contributed by atoms with Gasteiger partial charge in [0.05, 0.1) is 0 Å². The van der Waals surface area contributed by atoms with Crippen molar-refractivity contribution >= 4 is 23.5 Å². The SMILES string of the molecule is Cc1ccc(CNC(=O)c2cc(C)c(C(=O)CCc3ccc(NC(=O)OC(C)(C)C)cc3)cc2C)cc1. The second kappa shape index (κ2) is 11.9. The summed E-state index contributed by atoms with van der Waals surface area (Å²) in [5.41, 5.74) is 6.04. The number of rotatable bonds is 8. The molecule has 6 nitrogen and oxygen atoms in total. The molecule has 2 amide bonds. The minimum Gasteiger partial charge on any atom is -0.444 e. The van der Waals surface area contributed by atoms with E-state index in [0.29, 0.717) is 36.2 Å². The molecule has 37 heavy (non-hydrogen) atoms. The zero-order valence-corrected chi connectivity index (χ0v) is 22.5. The van der Waals surface area contributed by atoms with Crippen LogP contribution < -0.4 is 10.6 Å². The second-order valence-corrected chi connectivity index (χ2v) is 10.4. The Bertz CT molecular complexity index is 1270. The third kappa shape index (κ3) is 8.31. The molecule has 0 atom stereocenters. The van der Waals surface area contributed by atoms with Gasteiger partial charge in [-0.15, -0.1) is 0 Å². The van der Waals surface area contributed by atoms with Crippen molar-refractivity contribution in [2.75, 3.05) is 5.32 Å². The van der Waals surface area contributed by atoms with Gasteiger partial charge < -0.3 is 10.1 Å². The number of Topliss-reactive ketones (excluding diaryl/α,β-unsaturated/α-hetero) is 1. The van der Waals surface area contributed by atoms with Crippen LogP contribution in [0.4, 0.5) is 10.5 Å². The monoisotopic (exact) mass is 500 g/mol. The first-order valence-electron chi connectivity index (χ1n) is 12.5. The Kier molecular flexibility index (Phi) is 8.87. The average Bonchev–Trinajstić information content (AvgIpc) is 2.82. The molecule has 6 heteroatoms. The highest BCUT2D eigenvalue weighted by molar-refractivity contribution is 6.01. The molecule has 0 aliphatic rings. The zero-order valence-electron chi connectivity index (χ0n) is 22.5. The van der Waals surface area contributed by atoms with E-state index >= 15 is 0 Å². The van der Waals surface area contributed by atoms with Crippen molar-refractivity contribution < 1.29 is 19.1 Å². The van der Waals surface area contributed by atoms with Crippen LogP contribution in [0.5, 0.6) is 0 Å². The Labute approximate surface area is 219 Å². The predicted octanol–water partition coefficient (Wildman–Crippen LogP) is 6.70. The molecule has 0 fully saturated rings. The highest BCUT2D eigenvalue weighted by atomic mass is 16.6. The number of ether oxygens (including phenoxy) is 1. The maximum absolute atomic E-state index is 13.0. The summed E-state index contributed by atoms with van der Waals surface area (Å²) in [6.45, 7) is 11.6. The molecular weight excluding hydrogens is 464 g/mol. The van der Waals surface area contributed by atoms with Crippen molar-refractivity contribution in [2.24, 2.45) is 0 Å². The van der Waals surface area contributed by atoms with E-state index in [4.69, 9.17) is 4.74 Å². The van der Waals surface area contributed by atoms with Crippen LogP contribution in [0, 0.1) is 20.8 Å². The third-order valence-electron chi connectivity index (χ3n) is 5.93. The van der Waals surface area contributed by atoms with E-state index in [2.05, 4.69) is 10.6 Å². The Morgan fingerprint density at radius 2 is 1.35 bits per heavy atom. The molecule has 3 aromatic rings. The largest absolute Gasteiger partial charge is 0.444 e. The van der Waals surface area contributed by atoms with Gasteiger partial charge in [-0.3, -0.25) is 14.9 Å². The molecule has 0 heterocycles.